The van der Waals surface area contributed by atoms with Crippen molar-refractivity contribution >= 4 is 29.7 Å². The molecule has 2 aliphatic rings. The quantitative estimate of drug-likeness (QED) is 0.458. The zero-order valence-electron chi connectivity index (χ0n) is 14.9. The fourth-order valence-corrected chi connectivity index (χ4v) is 2.23. The molecule has 1 aromatic rings. The van der Waals surface area contributed by atoms with Gasteiger partial charge in [0.15, 0.2) is 0 Å². The Kier molecular flexibility index (Phi) is 6.50. The molecular weight excluding hydrogens is 374 g/mol. The number of carbonyl (C=O) groups is 3. The predicted molar refractivity (Wildman–Crippen MR) is 95.6 cm³/mol. The summed E-state index contributed by atoms with van der Waals surface area (Å²) in [4.78, 5) is 34.5. The lowest BCUT2D eigenvalue weighted by Crippen LogP contribution is -2.23. The van der Waals surface area contributed by atoms with E-state index in [4.69, 9.17) is 24.1 Å². The van der Waals surface area contributed by atoms with Crippen LogP contribution >= 0.6 is 0 Å². The summed E-state index contributed by atoms with van der Waals surface area (Å²) in [5.74, 6) is 0. The van der Waals surface area contributed by atoms with E-state index in [0.29, 0.717) is 31.0 Å². The second-order valence-corrected chi connectivity index (χ2v) is 6.22. The van der Waals surface area contributed by atoms with Crippen LogP contribution in [-0.4, -0.2) is 68.6 Å². The van der Waals surface area contributed by atoms with Crippen LogP contribution in [0.3, 0.4) is 0 Å². The van der Waals surface area contributed by atoms with Crippen LogP contribution in [0.1, 0.15) is 5.56 Å². The molecule has 2 saturated heterocycles. The molecule has 0 aromatic heterocycles. The molecule has 3 amide bonds. The minimum absolute atomic E-state index is 0.0629. The first-order valence-corrected chi connectivity index (χ1v) is 8.70. The fourth-order valence-electron chi connectivity index (χ4n) is 2.23. The van der Waals surface area contributed by atoms with Gasteiger partial charge in [-0.1, -0.05) is 6.07 Å². The maximum absolute atomic E-state index is 12.0. The molecule has 2 heterocycles. The van der Waals surface area contributed by atoms with E-state index >= 15 is 0 Å². The largest absolute Gasteiger partial charge is 0.465 e. The number of benzene rings is 1. The van der Waals surface area contributed by atoms with E-state index in [1.807, 2.05) is 0 Å². The van der Waals surface area contributed by atoms with Crippen molar-refractivity contribution in [2.45, 2.75) is 18.6 Å². The van der Waals surface area contributed by atoms with E-state index in [1.54, 1.807) is 18.2 Å². The zero-order chi connectivity index (χ0) is 19.9. The number of hydrogen-bond donors (Lipinski definition) is 4. The number of rotatable bonds is 9. The van der Waals surface area contributed by atoms with Crippen LogP contribution in [0.2, 0.25) is 0 Å². The van der Waals surface area contributed by atoms with Crippen molar-refractivity contribution in [2.24, 2.45) is 0 Å². The first-order chi connectivity index (χ1) is 13.5. The monoisotopic (exact) mass is 395 g/mol. The van der Waals surface area contributed by atoms with Gasteiger partial charge in [-0.25, -0.2) is 14.4 Å². The lowest BCUT2D eigenvalue weighted by Gasteiger charge is -2.14. The van der Waals surface area contributed by atoms with Gasteiger partial charge in [-0.05, 0) is 24.1 Å². The Hall–Kier alpha value is -3.05. The van der Waals surface area contributed by atoms with Crippen molar-refractivity contribution in [1.29, 1.82) is 0 Å². The predicted octanol–water partition coefficient (Wildman–Crippen LogP) is 1.39. The van der Waals surface area contributed by atoms with Crippen molar-refractivity contribution in [1.82, 2.24) is 5.32 Å². The summed E-state index contributed by atoms with van der Waals surface area (Å²) < 4.78 is 20.0. The molecule has 4 N–H and O–H groups in total. The van der Waals surface area contributed by atoms with Gasteiger partial charge in [-0.2, -0.15) is 0 Å². The Morgan fingerprint density at radius 3 is 2.11 bits per heavy atom. The lowest BCUT2D eigenvalue weighted by molar-refractivity contribution is 0.149. The molecule has 11 nitrogen and oxygen atoms in total. The average molecular weight is 395 g/mol. The molecule has 0 aliphatic carbocycles. The highest BCUT2D eigenvalue weighted by atomic mass is 16.6. The molecule has 3 rings (SSSR count). The Morgan fingerprint density at radius 2 is 1.57 bits per heavy atom. The number of epoxide rings is 2. The summed E-state index contributed by atoms with van der Waals surface area (Å²) in [7, 11) is 0. The number of anilines is 2. The van der Waals surface area contributed by atoms with Crippen LogP contribution in [-0.2, 0) is 25.4 Å². The summed E-state index contributed by atoms with van der Waals surface area (Å²) in [6, 6.07) is 4.92. The van der Waals surface area contributed by atoms with Gasteiger partial charge in [-0.15, -0.1) is 0 Å². The minimum atomic E-state index is -1.12. The van der Waals surface area contributed by atoms with Crippen molar-refractivity contribution in [3.63, 3.8) is 0 Å². The van der Waals surface area contributed by atoms with Gasteiger partial charge in [0, 0.05) is 6.54 Å². The van der Waals surface area contributed by atoms with E-state index in [-0.39, 0.29) is 32.0 Å². The Morgan fingerprint density at radius 1 is 1.00 bits per heavy atom. The maximum atomic E-state index is 12.0. The highest BCUT2D eigenvalue weighted by Crippen LogP contribution is 2.24. The molecule has 0 spiro atoms. The highest BCUT2D eigenvalue weighted by molar-refractivity contribution is 5.95. The van der Waals surface area contributed by atoms with E-state index < -0.39 is 18.3 Å². The third-order valence-electron chi connectivity index (χ3n) is 3.85. The van der Waals surface area contributed by atoms with Crippen molar-refractivity contribution in [2.75, 3.05) is 43.6 Å². The first-order valence-electron chi connectivity index (χ1n) is 8.70. The van der Waals surface area contributed by atoms with Gasteiger partial charge in [0.2, 0.25) is 0 Å². The van der Waals surface area contributed by atoms with Crippen molar-refractivity contribution < 1.29 is 38.4 Å². The molecule has 0 saturated carbocycles. The van der Waals surface area contributed by atoms with Crippen LogP contribution in [0.15, 0.2) is 18.2 Å². The minimum Gasteiger partial charge on any atom is -0.465 e. The second-order valence-electron chi connectivity index (χ2n) is 6.22. The molecule has 2 fully saturated rings. The summed E-state index contributed by atoms with van der Waals surface area (Å²) in [5.41, 5.74) is 1.37. The van der Waals surface area contributed by atoms with Gasteiger partial charge >= 0.3 is 18.3 Å². The van der Waals surface area contributed by atoms with E-state index in [1.165, 1.54) is 0 Å². The third kappa shape index (κ3) is 6.93. The van der Waals surface area contributed by atoms with E-state index in [0.717, 1.165) is 5.56 Å². The van der Waals surface area contributed by atoms with Crippen molar-refractivity contribution in [3.05, 3.63) is 23.8 Å². The molecule has 2 unspecified atom stereocenters. The number of amides is 3. The molecule has 0 bridgehead atoms. The second kappa shape index (κ2) is 9.24. The summed E-state index contributed by atoms with van der Waals surface area (Å²) >= 11 is 0. The van der Waals surface area contributed by atoms with Gasteiger partial charge in [0.1, 0.15) is 25.4 Å². The lowest BCUT2D eigenvalue weighted by atomic mass is 10.1. The number of carboxylic acid groups (broad SMARTS) is 1. The van der Waals surface area contributed by atoms with Gasteiger partial charge in [0.25, 0.3) is 0 Å². The van der Waals surface area contributed by atoms with Crippen LogP contribution in [0, 0.1) is 0 Å². The molecule has 28 heavy (non-hydrogen) atoms. The SMILES string of the molecule is O=C(O)NCCc1ccc(NC(=O)OCC2CO2)c(NC(=O)OCC2CO2)c1. The van der Waals surface area contributed by atoms with Gasteiger partial charge in [-0.3, -0.25) is 10.6 Å². The van der Waals surface area contributed by atoms with Gasteiger partial charge < -0.3 is 29.4 Å². The average Bonchev–Trinajstić information content (AvgIpc) is 3.54. The van der Waals surface area contributed by atoms with Crippen LogP contribution < -0.4 is 16.0 Å². The molecule has 2 aliphatic heterocycles. The summed E-state index contributed by atoms with van der Waals surface area (Å²) in [6.07, 6.45) is -2.23. The highest BCUT2D eigenvalue weighted by Gasteiger charge is 2.25. The maximum Gasteiger partial charge on any atom is 0.411 e. The molecule has 0 radical (unpaired) electrons. The van der Waals surface area contributed by atoms with Crippen LogP contribution in [0.4, 0.5) is 25.8 Å². The van der Waals surface area contributed by atoms with E-state index in [2.05, 4.69) is 16.0 Å². The van der Waals surface area contributed by atoms with Crippen molar-refractivity contribution in [3.8, 4) is 0 Å². The number of nitrogens with one attached hydrogen (secondary N) is 3. The number of carbonyl (C=O) groups excluding carboxylic acids is 2. The molecule has 2 atom stereocenters. The summed E-state index contributed by atoms with van der Waals surface area (Å²) in [5, 5.41) is 16.0. The topological polar surface area (TPSA) is 151 Å². The Balaban J connectivity index is 1.61. The summed E-state index contributed by atoms with van der Waals surface area (Å²) in [6.45, 7) is 1.62. The van der Waals surface area contributed by atoms with Gasteiger partial charge in [0.05, 0.1) is 24.6 Å². The van der Waals surface area contributed by atoms with Crippen LogP contribution in [0.25, 0.3) is 0 Å². The third-order valence-corrected chi connectivity index (χ3v) is 3.85. The fraction of sp³-hybridized carbons (Fsp3) is 0.471. The zero-order valence-corrected chi connectivity index (χ0v) is 14.9. The normalized spacial score (nSPS) is 19.3. The molecule has 1 aromatic carbocycles. The smallest absolute Gasteiger partial charge is 0.411 e. The molecular formula is C17H21N3O8. The Bertz CT molecular complexity index is 733. The number of hydrogen-bond acceptors (Lipinski definition) is 7. The molecule has 11 heteroatoms. The standard InChI is InChI=1S/C17H21N3O8/c21-15(22)18-4-3-10-1-2-13(19-16(23)27-8-11-6-25-11)14(5-10)20-17(24)28-9-12-7-26-12/h1-2,5,11-12,18H,3-4,6-9H2,(H,19,23)(H,20,24)(H,21,22). The molecule has 152 valence electrons. The number of ether oxygens (including phenoxy) is 4. The first kappa shape index (κ1) is 19.7. The van der Waals surface area contributed by atoms with E-state index in [9.17, 15) is 14.4 Å². The Labute approximate surface area is 160 Å². The van der Waals surface area contributed by atoms with Crippen LogP contribution in [0.5, 0.6) is 0 Å².